The van der Waals surface area contributed by atoms with Crippen LogP contribution in [0.3, 0.4) is 0 Å². The predicted octanol–water partition coefficient (Wildman–Crippen LogP) is 1.68. The first-order chi connectivity index (χ1) is 24.5. The number of alkyl halides is 2. The molecule has 2 unspecified atom stereocenters. The molecule has 296 valence electrons. The van der Waals surface area contributed by atoms with Crippen molar-refractivity contribution in [3.8, 4) is 0 Å². The maximum Gasteiger partial charge on any atom is 0.424 e. The summed E-state index contributed by atoms with van der Waals surface area (Å²) in [6.07, 6.45) is -1.62. The standard InChI is InChI=1S/C16H22BrN3O6.C14H21N3O5.C2H2Br2O/c1-16(2,3)26-15(25)20-11(21)5-4-10(14(20)24)19-7-6-18(9-13(19)23)12(22)8-17;1-14(2,3)22-13(21)17-10(18)5-4-9(12(17)20)16-7-6-15-8-11(16)19;3-1-2(4)5/h10H,4-9H2,1-3H3;9,15H,4-8H2,1-3H3;1H2. The molecule has 0 aromatic heterocycles. The zero-order chi connectivity index (χ0) is 40.4. The van der Waals surface area contributed by atoms with Crippen LogP contribution in [0.2, 0.25) is 0 Å². The first kappa shape index (κ1) is 45.9. The van der Waals surface area contributed by atoms with Crippen LogP contribution < -0.4 is 5.32 Å². The fourth-order valence-electron chi connectivity index (χ4n) is 5.38. The molecule has 0 radical (unpaired) electrons. The van der Waals surface area contributed by atoms with Crippen LogP contribution >= 0.6 is 47.8 Å². The Bertz CT molecular complexity index is 1480. The van der Waals surface area contributed by atoms with Gasteiger partial charge in [0.25, 0.3) is 11.8 Å². The highest BCUT2D eigenvalue weighted by Gasteiger charge is 2.46. The molecule has 4 aliphatic rings. The zero-order valence-electron chi connectivity index (χ0n) is 30.4. The van der Waals surface area contributed by atoms with Crippen LogP contribution in [0.4, 0.5) is 9.59 Å². The lowest BCUT2D eigenvalue weighted by atomic mass is 10.0. The first-order valence-corrected chi connectivity index (χ1v) is 19.6. The van der Waals surface area contributed by atoms with Crippen molar-refractivity contribution in [2.24, 2.45) is 0 Å². The van der Waals surface area contributed by atoms with Crippen molar-refractivity contribution in [3.63, 3.8) is 0 Å². The summed E-state index contributed by atoms with van der Waals surface area (Å²) in [6, 6.07) is -1.69. The molecular formula is C32H45Br3N6O12. The number of piperazine rings is 2. The number of ether oxygens (including phenoxy) is 2. The molecule has 4 rings (SSSR count). The quantitative estimate of drug-likeness (QED) is 0.242. The number of amides is 9. The van der Waals surface area contributed by atoms with Crippen molar-refractivity contribution in [1.29, 1.82) is 0 Å². The van der Waals surface area contributed by atoms with Gasteiger partial charge in [0, 0.05) is 39.0 Å². The largest absolute Gasteiger partial charge is 0.443 e. The molecule has 4 heterocycles. The van der Waals surface area contributed by atoms with Gasteiger partial charge in [-0.3, -0.25) is 38.4 Å². The van der Waals surface area contributed by atoms with Crippen LogP contribution in [0.5, 0.6) is 0 Å². The van der Waals surface area contributed by atoms with E-state index in [0.717, 1.165) is 0 Å². The van der Waals surface area contributed by atoms with Crippen LogP contribution in [0, 0.1) is 0 Å². The number of carbonyl (C=O) groups excluding carboxylic acids is 10. The van der Waals surface area contributed by atoms with Gasteiger partial charge in [0.15, 0.2) is 0 Å². The Morgan fingerprint density at radius 3 is 1.47 bits per heavy atom. The molecule has 21 heteroatoms. The van der Waals surface area contributed by atoms with E-state index in [2.05, 4.69) is 53.1 Å². The minimum absolute atomic E-state index is 0.0162. The Morgan fingerprint density at radius 1 is 0.679 bits per heavy atom. The van der Waals surface area contributed by atoms with Crippen molar-refractivity contribution in [1.82, 2.24) is 29.8 Å². The highest BCUT2D eigenvalue weighted by atomic mass is 79.9. The third-order valence-electron chi connectivity index (χ3n) is 7.63. The Balaban J connectivity index is 0.000000329. The Morgan fingerprint density at radius 2 is 1.11 bits per heavy atom. The number of nitrogens with one attached hydrogen (secondary N) is 1. The van der Waals surface area contributed by atoms with E-state index in [1.807, 2.05) is 0 Å². The van der Waals surface area contributed by atoms with Crippen molar-refractivity contribution in [3.05, 3.63) is 0 Å². The monoisotopic (exact) mass is 942 g/mol. The van der Waals surface area contributed by atoms with E-state index < -0.39 is 59.1 Å². The summed E-state index contributed by atoms with van der Waals surface area (Å²) < 4.78 is 10.2. The van der Waals surface area contributed by atoms with Gasteiger partial charge in [-0.2, -0.15) is 9.80 Å². The Labute approximate surface area is 332 Å². The Hall–Kier alpha value is -3.30. The van der Waals surface area contributed by atoms with E-state index in [4.69, 9.17) is 9.47 Å². The molecule has 4 aliphatic heterocycles. The minimum atomic E-state index is -1.03. The second kappa shape index (κ2) is 19.9. The van der Waals surface area contributed by atoms with Gasteiger partial charge < -0.3 is 29.5 Å². The topological polar surface area (TPSA) is 217 Å². The minimum Gasteiger partial charge on any atom is -0.443 e. The van der Waals surface area contributed by atoms with Gasteiger partial charge in [-0.15, -0.1) is 0 Å². The lowest BCUT2D eigenvalue weighted by Crippen LogP contribution is -2.62. The highest BCUT2D eigenvalue weighted by Crippen LogP contribution is 2.24. The smallest absolute Gasteiger partial charge is 0.424 e. The van der Waals surface area contributed by atoms with Gasteiger partial charge >= 0.3 is 12.2 Å². The number of likely N-dealkylation sites (tertiary alicyclic amines) is 2. The van der Waals surface area contributed by atoms with Crippen LogP contribution in [-0.4, -0.2) is 156 Å². The van der Waals surface area contributed by atoms with Crippen molar-refractivity contribution in [2.75, 3.05) is 49.9 Å². The predicted molar refractivity (Wildman–Crippen MR) is 197 cm³/mol. The van der Waals surface area contributed by atoms with Crippen LogP contribution in [-0.2, 0) is 47.8 Å². The van der Waals surface area contributed by atoms with E-state index >= 15 is 0 Å². The summed E-state index contributed by atoms with van der Waals surface area (Å²) in [6.45, 7) is 11.3. The van der Waals surface area contributed by atoms with E-state index in [1.54, 1.807) is 41.5 Å². The lowest BCUT2D eigenvalue weighted by Gasteiger charge is -2.41. The van der Waals surface area contributed by atoms with Crippen molar-refractivity contribution in [2.45, 2.75) is 90.5 Å². The van der Waals surface area contributed by atoms with Gasteiger partial charge in [0.1, 0.15) is 23.3 Å². The summed E-state index contributed by atoms with van der Waals surface area (Å²) >= 11 is 8.66. The number of rotatable bonds is 4. The number of carbonyl (C=O) groups is 10. The zero-order valence-corrected chi connectivity index (χ0v) is 35.2. The van der Waals surface area contributed by atoms with Gasteiger partial charge in [0.2, 0.25) is 34.2 Å². The molecule has 0 aromatic rings. The van der Waals surface area contributed by atoms with E-state index in [1.165, 1.54) is 14.7 Å². The number of nitrogens with zero attached hydrogens (tertiary/aromatic N) is 5. The molecule has 0 saturated carbocycles. The SMILES string of the molecule is CC(C)(C)OC(=O)N1C(=O)CCC(N2CCN(C(=O)CBr)CC2=O)C1=O.CC(C)(C)OC(=O)N1C(=O)CCC(N2CCNCC2=O)C1=O.O=C(Br)CBr. The molecule has 4 saturated heterocycles. The van der Waals surface area contributed by atoms with Crippen molar-refractivity contribution < 1.29 is 57.4 Å². The molecule has 0 bridgehead atoms. The average Bonchev–Trinajstić information content (AvgIpc) is 3.04. The molecule has 2 atom stereocenters. The normalized spacial score (nSPS) is 21.3. The summed E-state index contributed by atoms with van der Waals surface area (Å²) in [5.41, 5.74) is -1.67. The molecule has 9 amide bonds. The second-order valence-corrected chi connectivity index (χ2v) is 16.0. The summed E-state index contributed by atoms with van der Waals surface area (Å²) in [4.78, 5) is 124. The van der Waals surface area contributed by atoms with Gasteiger partial charge in [-0.1, -0.05) is 31.9 Å². The van der Waals surface area contributed by atoms with Crippen LogP contribution in [0.1, 0.15) is 67.2 Å². The van der Waals surface area contributed by atoms with E-state index in [-0.39, 0.29) is 73.1 Å². The van der Waals surface area contributed by atoms with Crippen LogP contribution in [0.25, 0.3) is 0 Å². The molecule has 4 fully saturated rings. The third-order valence-corrected chi connectivity index (χ3v) is 9.65. The molecule has 53 heavy (non-hydrogen) atoms. The number of hydrogen-bond donors (Lipinski definition) is 1. The summed E-state index contributed by atoms with van der Waals surface area (Å²) in [7, 11) is 0. The third kappa shape index (κ3) is 13.5. The molecule has 1 N–H and O–H groups in total. The maximum atomic E-state index is 12.7. The number of halogens is 3. The lowest BCUT2D eigenvalue weighted by molar-refractivity contribution is -0.158. The van der Waals surface area contributed by atoms with E-state index in [0.29, 0.717) is 34.8 Å². The summed E-state index contributed by atoms with van der Waals surface area (Å²) in [5, 5.41) is 3.43. The molecule has 0 aliphatic carbocycles. The highest BCUT2D eigenvalue weighted by molar-refractivity contribution is 9.19. The molecule has 0 spiro atoms. The van der Waals surface area contributed by atoms with E-state index in [9.17, 15) is 47.9 Å². The van der Waals surface area contributed by atoms with Gasteiger partial charge in [0.05, 0.1) is 23.7 Å². The first-order valence-electron chi connectivity index (χ1n) is 16.6. The average molecular weight is 945 g/mol. The van der Waals surface area contributed by atoms with Gasteiger partial charge in [-0.05, 0) is 70.3 Å². The number of hydrogen-bond acceptors (Lipinski definition) is 13. The van der Waals surface area contributed by atoms with Crippen LogP contribution in [0.15, 0.2) is 0 Å². The van der Waals surface area contributed by atoms with Crippen molar-refractivity contribution >= 4 is 106 Å². The Kier molecular flexibility index (Phi) is 17.2. The molecule has 18 nitrogen and oxygen atoms in total. The fraction of sp³-hybridized carbons (Fsp3) is 0.688. The fourth-order valence-corrected chi connectivity index (χ4v) is 5.73. The molecule has 0 aromatic carbocycles. The second-order valence-electron chi connectivity index (χ2n) is 14.0. The summed E-state index contributed by atoms with van der Waals surface area (Å²) in [5.74, 6) is -3.46. The number of imide groups is 6. The van der Waals surface area contributed by atoms with Gasteiger partial charge in [-0.25, -0.2) is 9.59 Å². The number of piperidine rings is 2. The molecular weight excluding hydrogens is 900 g/mol. The maximum absolute atomic E-state index is 12.7.